The molecule has 2 aromatic rings. The number of carbonyl (C=O) groups excluding carboxylic acids is 1. The maximum Gasteiger partial charge on any atom is 0.416 e. The number of anilines is 1. The molecule has 3 N–H and O–H groups in total. The van der Waals surface area contributed by atoms with E-state index in [1.54, 1.807) is 17.3 Å². The Morgan fingerprint density at radius 1 is 1.26 bits per heavy atom. The van der Waals surface area contributed by atoms with Crippen molar-refractivity contribution in [3.8, 4) is 6.07 Å². The van der Waals surface area contributed by atoms with Gasteiger partial charge in [0, 0.05) is 63.0 Å². The zero-order chi connectivity index (χ0) is 30.7. The van der Waals surface area contributed by atoms with Crippen LogP contribution in [0.4, 0.5) is 23.7 Å². The molecule has 4 heterocycles. The molecule has 0 bridgehead atoms. The number of nitriles is 1. The van der Waals surface area contributed by atoms with Gasteiger partial charge in [0.15, 0.2) is 5.72 Å². The average Bonchev–Trinajstić information content (AvgIpc) is 3.51. The quantitative estimate of drug-likeness (QED) is 0.440. The molecule has 228 valence electrons. The number of rotatable bonds is 7. The lowest BCUT2D eigenvalue weighted by molar-refractivity contribution is -0.137. The number of hydrogen-bond acceptors (Lipinski definition) is 7. The summed E-state index contributed by atoms with van der Waals surface area (Å²) in [5.41, 5.74) is -0.430. The molecule has 9 nitrogen and oxygen atoms in total. The lowest BCUT2D eigenvalue weighted by Crippen LogP contribution is -2.59. The number of likely N-dealkylation sites (tertiary alicyclic amines) is 1. The number of nitrogens with one attached hydrogen (secondary N) is 3. The number of likely N-dealkylation sites (N-methyl/N-ethyl adjacent to an activating group) is 1. The molecule has 43 heavy (non-hydrogen) atoms. The molecule has 12 heteroatoms. The molecule has 0 radical (unpaired) electrons. The van der Waals surface area contributed by atoms with E-state index in [9.17, 15) is 23.2 Å². The monoisotopic (exact) mass is 595 g/mol. The van der Waals surface area contributed by atoms with Crippen molar-refractivity contribution in [2.75, 3.05) is 44.7 Å². The predicted octanol–water partition coefficient (Wildman–Crippen LogP) is 4.25. The van der Waals surface area contributed by atoms with E-state index in [2.05, 4.69) is 20.9 Å². The number of dihydropyridines is 1. The first-order valence-corrected chi connectivity index (χ1v) is 14.5. The predicted molar refractivity (Wildman–Crippen MR) is 156 cm³/mol. The van der Waals surface area contributed by atoms with Crippen LogP contribution in [0.2, 0.25) is 0 Å². The van der Waals surface area contributed by atoms with Gasteiger partial charge in [-0.25, -0.2) is 4.79 Å². The van der Waals surface area contributed by atoms with Crippen molar-refractivity contribution in [3.05, 3.63) is 83.3 Å². The Kier molecular flexibility index (Phi) is 8.66. The zero-order valence-electron chi connectivity index (χ0n) is 24.2. The largest absolute Gasteiger partial charge is 0.416 e. The molecular formula is C31H36F3N7O2. The Hall–Kier alpha value is -4.08. The second-order valence-corrected chi connectivity index (χ2v) is 11.0. The molecule has 0 spiro atoms. The highest BCUT2D eigenvalue weighted by Gasteiger charge is 2.43. The van der Waals surface area contributed by atoms with Gasteiger partial charge in [-0.05, 0) is 69.1 Å². The second kappa shape index (κ2) is 12.3. The number of pyridine rings is 1. The standard InChI is InChI=1S/C31H36F3N7O2/c1-3-43-30(25-5-4-13-37-19-25)10-8-24(20-38-30)29(39-28(42)41-14-9-26(21-41)36-2)11-15-40(16-12-29)27-7-6-23(31(32,33)34)17-22(27)18-35/h4-8,10,13,17,19-20,26,36,38H,3,9,11-12,14-16,21H2,1-2H3,(H,39,42)/t26-,30?/m0/s1. The Bertz CT molecular complexity index is 1410. The minimum Gasteiger partial charge on any atom is -0.370 e. The third-order valence-electron chi connectivity index (χ3n) is 8.59. The summed E-state index contributed by atoms with van der Waals surface area (Å²) in [6.45, 7) is 4.44. The van der Waals surface area contributed by atoms with Crippen molar-refractivity contribution >= 4 is 11.7 Å². The van der Waals surface area contributed by atoms with Crippen molar-refractivity contribution in [2.45, 2.75) is 49.7 Å². The van der Waals surface area contributed by atoms with Gasteiger partial charge in [0.1, 0.15) is 6.07 Å². The number of halogens is 3. The maximum absolute atomic E-state index is 13.6. The summed E-state index contributed by atoms with van der Waals surface area (Å²) in [6, 6.07) is 9.03. The molecule has 0 saturated carbocycles. The Labute approximate surface area is 249 Å². The van der Waals surface area contributed by atoms with E-state index in [4.69, 9.17) is 4.74 Å². The number of alkyl halides is 3. The SMILES string of the molecule is CCOC1(c2cccnc2)C=CC(C2(NC(=O)N3CC[C@H](NC)C3)CCN(c3ccc(C(F)(F)F)cc3C#N)CC2)=CN1. The first-order chi connectivity index (χ1) is 20.6. The fourth-order valence-corrected chi connectivity index (χ4v) is 6.11. The molecule has 2 atom stereocenters. The van der Waals surface area contributed by atoms with Crippen LogP contribution in [-0.2, 0) is 16.6 Å². The third kappa shape index (κ3) is 6.19. The summed E-state index contributed by atoms with van der Waals surface area (Å²) >= 11 is 0. The molecule has 3 aliphatic heterocycles. The first kappa shape index (κ1) is 30.4. The highest BCUT2D eigenvalue weighted by molar-refractivity contribution is 5.76. The summed E-state index contributed by atoms with van der Waals surface area (Å²) < 4.78 is 46.0. The normalized spacial score (nSPS) is 23.3. The molecule has 2 fully saturated rings. The Morgan fingerprint density at radius 2 is 2.05 bits per heavy atom. The van der Waals surface area contributed by atoms with Gasteiger partial charge in [-0.2, -0.15) is 18.4 Å². The van der Waals surface area contributed by atoms with Crippen LogP contribution in [0, 0.1) is 11.3 Å². The number of carbonyl (C=O) groups is 1. The van der Waals surface area contributed by atoms with Gasteiger partial charge in [-0.3, -0.25) is 4.98 Å². The van der Waals surface area contributed by atoms with Crippen LogP contribution in [0.1, 0.15) is 42.9 Å². The zero-order valence-corrected chi connectivity index (χ0v) is 24.2. The van der Waals surface area contributed by atoms with E-state index in [0.717, 1.165) is 29.7 Å². The molecule has 1 unspecified atom stereocenters. The van der Waals surface area contributed by atoms with E-state index in [-0.39, 0.29) is 17.6 Å². The van der Waals surface area contributed by atoms with Gasteiger partial charge in [0.05, 0.1) is 22.4 Å². The average molecular weight is 596 g/mol. The molecule has 5 rings (SSSR count). The van der Waals surface area contributed by atoms with Crippen molar-refractivity contribution < 1.29 is 22.7 Å². The summed E-state index contributed by atoms with van der Waals surface area (Å²) in [5, 5.41) is 19.6. The maximum atomic E-state index is 13.6. The van der Waals surface area contributed by atoms with Gasteiger partial charge in [-0.1, -0.05) is 12.1 Å². The van der Waals surface area contributed by atoms with E-state index in [1.807, 2.05) is 55.4 Å². The lowest BCUT2D eigenvalue weighted by atomic mass is 9.79. The number of urea groups is 1. The number of aromatic nitrogens is 1. The van der Waals surface area contributed by atoms with Crippen LogP contribution in [-0.4, -0.2) is 67.3 Å². The molecule has 3 aliphatic rings. The van der Waals surface area contributed by atoms with Crippen molar-refractivity contribution in [2.24, 2.45) is 0 Å². The van der Waals surface area contributed by atoms with Crippen LogP contribution >= 0.6 is 0 Å². The van der Waals surface area contributed by atoms with Crippen LogP contribution in [0.25, 0.3) is 0 Å². The van der Waals surface area contributed by atoms with Gasteiger partial charge >= 0.3 is 12.2 Å². The van der Waals surface area contributed by atoms with Crippen LogP contribution in [0.15, 0.2) is 66.7 Å². The summed E-state index contributed by atoms with van der Waals surface area (Å²) in [7, 11) is 1.89. The Balaban J connectivity index is 1.42. The molecule has 2 saturated heterocycles. The Morgan fingerprint density at radius 3 is 2.63 bits per heavy atom. The molecule has 2 amide bonds. The number of ether oxygens (including phenoxy) is 1. The van der Waals surface area contributed by atoms with Crippen LogP contribution in [0.3, 0.4) is 0 Å². The number of nitrogens with zero attached hydrogens (tertiary/aromatic N) is 4. The number of piperidine rings is 1. The summed E-state index contributed by atoms with van der Waals surface area (Å²) in [5.74, 6) is 0. The van der Waals surface area contributed by atoms with Gasteiger partial charge < -0.3 is 30.5 Å². The van der Waals surface area contributed by atoms with E-state index >= 15 is 0 Å². The minimum absolute atomic E-state index is 0.0297. The van der Waals surface area contributed by atoms with E-state index in [1.165, 1.54) is 6.07 Å². The van der Waals surface area contributed by atoms with Crippen molar-refractivity contribution in [3.63, 3.8) is 0 Å². The second-order valence-electron chi connectivity index (χ2n) is 11.0. The van der Waals surface area contributed by atoms with Gasteiger partial charge in [-0.15, -0.1) is 0 Å². The topological polar surface area (TPSA) is 106 Å². The third-order valence-corrected chi connectivity index (χ3v) is 8.59. The molecule has 1 aromatic heterocycles. The van der Waals surface area contributed by atoms with Gasteiger partial charge in [0.25, 0.3) is 0 Å². The van der Waals surface area contributed by atoms with Gasteiger partial charge in [0.2, 0.25) is 0 Å². The lowest BCUT2D eigenvalue weighted by Gasteiger charge is -2.46. The van der Waals surface area contributed by atoms with Crippen LogP contribution in [0.5, 0.6) is 0 Å². The number of amides is 2. The van der Waals surface area contributed by atoms with Crippen LogP contribution < -0.4 is 20.9 Å². The molecule has 1 aromatic carbocycles. The fourth-order valence-electron chi connectivity index (χ4n) is 6.11. The minimum atomic E-state index is -4.54. The number of benzene rings is 1. The smallest absolute Gasteiger partial charge is 0.370 e. The fraction of sp³-hybridized carbons (Fsp3) is 0.452. The first-order valence-electron chi connectivity index (χ1n) is 14.5. The number of hydrogen-bond donors (Lipinski definition) is 3. The van der Waals surface area contributed by atoms with E-state index < -0.39 is 23.0 Å². The highest BCUT2D eigenvalue weighted by atomic mass is 19.4. The molecular weight excluding hydrogens is 559 g/mol. The van der Waals surface area contributed by atoms with E-state index in [0.29, 0.717) is 51.3 Å². The highest BCUT2D eigenvalue weighted by Crippen LogP contribution is 2.39. The summed E-state index contributed by atoms with van der Waals surface area (Å²) in [6.07, 6.45) is 6.48. The molecule has 0 aliphatic carbocycles. The van der Waals surface area contributed by atoms with Crippen molar-refractivity contribution in [1.29, 1.82) is 5.26 Å². The van der Waals surface area contributed by atoms with Crippen molar-refractivity contribution in [1.82, 2.24) is 25.8 Å². The summed E-state index contributed by atoms with van der Waals surface area (Å²) in [4.78, 5) is 21.5.